The highest BCUT2D eigenvalue weighted by Crippen LogP contribution is 2.39. The summed E-state index contributed by atoms with van der Waals surface area (Å²) in [6.07, 6.45) is 8.13. The fourth-order valence-corrected chi connectivity index (χ4v) is 4.27. The van der Waals surface area contributed by atoms with Crippen LogP contribution in [0.5, 0.6) is 5.75 Å². The summed E-state index contributed by atoms with van der Waals surface area (Å²) in [5.41, 5.74) is 5.36. The monoisotopic (exact) mass is 471 g/mol. The fourth-order valence-electron chi connectivity index (χ4n) is 4.27. The minimum Gasteiger partial charge on any atom is -0.495 e. The smallest absolute Gasteiger partial charge is 0.279 e. The molecule has 0 spiro atoms. The third-order valence-electron chi connectivity index (χ3n) is 6.17. The number of nitro groups is 1. The maximum absolute atomic E-state index is 12.0. The summed E-state index contributed by atoms with van der Waals surface area (Å²) >= 11 is 0. The van der Waals surface area contributed by atoms with Crippen LogP contribution in [-0.2, 0) is 0 Å². The topological polar surface area (TPSA) is 111 Å². The van der Waals surface area contributed by atoms with Gasteiger partial charge in [0.1, 0.15) is 5.75 Å². The van der Waals surface area contributed by atoms with E-state index in [1.807, 2.05) is 44.4 Å². The predicted octanol–water partition coefficient (Wildman–Crippen LogP) is 4.48. The molecule has 4 heterocycles. The van der Waals surface area contributed by atoms with Gasteiger partial charge in [-0.25, -0.2) is 14.5 Å². The number of fused-ring (bicyclic) bond motifs is 1. The number of rotatable bonds is 6. The predicted molar refractivity (Wildman–Crippen MR) is 134 cm³/mol. The van der Waals surface area contributed by atoms with Crippen LogP contribution < -0.4 is 10.1 Å². The molecule has 0 atom stereocenters. The molecule has 1 aromatic carbocycles. The molecule has 5 rings (SSSR count). The molecular formula is C25H25N7O3. The lowest BCUT2D eigenvalue weighted by molar-refractivity contribution is -0.385. The van der Waals surface area contributed by atoms with Crippen LogP contribution in [0.2, 0.25) is 0 Å². The van der Waals surface area contributed by atoms with Gasteiger partial charge in [0.05, 0.1) is 40.7 Å². The zero-order valence-electron chi connectivity index (χ0n) is 19.7. The summed E-state index contributed by atoms with van der Waals surface area (Å²) in [7, 11) is 3.57. The first kappa shape index (κ1) is 22.5. The van der Waals surface area contributed by atoms with Crippen molar-refractivity contribution in [2.24, 2.45) is 0 Å². The second-order valence-corrected chi connectivity index (χ2v) is 8.51. The van der Waals surface area contributed by atoms with E-state index in [2.05, 4.69) is 20.3 Å². The number of hydrogen-bond acceptors (Lipinski definition) is 8. The van der Waals surface area contributed by atoms with Gasteiger partial charge < -0.3 is 15.0 Å². The summed E-state index contributed by atoms with van der Waals surface area (Å²) < 4.78 is 7.38. The van der Waals surface area contributed by atoms with Gasteiger partial charge in [-0.05, 0) is 49.7 Å². The molecule has 10 nitrogen and oxygen atoms in total. The number of likely N-dealkylation sites (N-methyl/N-ethyl adjacent to an activating group) is 1. The van der Waals surface area contributed by atoms with E-state index < -0.39 is 0 Å². The summed E-state index contributed by atoms with van der Waals surface area (Å²) in [4.78, 5) is 22.9. The van der Waals surface area contributed by atoms with Gasteiger partial charge >= 0.3 is 0 Å². The van der Waals surface area contributed by atoms with Gasteiger partial charge in [0.2, 0.25) is 5.95 Å². The van der Waals surface area contributed by atoms with Crippen LogP contribution in [0.15, 0.2) is 55.0 Å². The molecule has 35 heavy (non-hydrogen) atoms. The summed E-state index contributed by atoms with van der Waals surface area (Å²) in [6, 6.07) is 9.04. The minimum atomic E-state index is -0.362. The lowest BCUT2D eigenvalue weighted by atomic mass is 9.97. The van der Waals surface area contributed by atoms with Crippen molar-refractivity contribution in [2.45, 2.75) is 13.3 Å². The molecule has 0 saturated heterocycles. The Bertz CT molecular complexity index is 1460. The van der Waals surface area contributed by atoms with Crippen LogP contribution in [0.25, 0.3) is 22.3 Å². The van der Waals surface area contributed by atoms with E-state index in [1.54, 1.807) is 30.1 Å². The molecule has 10 heteroatoms. The molecule has 1 N–H and O–H groups in total. The number of aromatic nitrogens is 4. The first-order chi connectivity index (χ1) is 16.9. The molecule has 4 aromatic rings. The van der Waals surface area contributed by atoms with Crippen LogP contribution in [-0.4, -0.2) is 56.7 Å². The van der Waals surface area contributed by atoms with Gasteiger partial charge in [0.15, 0.2) is 0 Å². The van der Waals surface area contributed by atoms with Crippen molar-refractivity contribution in [3.63, 3.8) is 0 Å². The van der Waals surface area contributed by atoms with E-state index in [9.17, 15) is 10.1 Å². The van der Waals surface area contributed by atoms with Crippen molar-refractivity contribution in [3.8, 4) is 17.0 Å². The Balaban J connectivity index is 1.54. The molecule has 1 aliphatic heterocycles. The molecule has 0 fully saturated rings. The van der Waals surface area contributed by atoms with Gasteiger partial charge in [-0.15, -0.1) is 0 Å². The minimum absolute atomic E-state index is 0.0130. The number of methoxy groups -OCH3 is 1. The Kier molecular flexibility index (Phi) is 5.87. The highest BCUT2D eigenvalue weighted by molar-refractivity contribution is 5.82. The highest BCUT2D eigenvalue weighted by Gasteiger charge is 2.24. The molecule has 0 saturated carbocycles. The molecule has 0 amide bonds. The standard InChI is InChI=1S/C25H25N7O3/c1-16-14-26-25(29-24(16)19-15-27-31-9-5-4-6-21(19)31)28-20-13-22(32(33)34)18(12-23(20)35-3)17-7-10-30(2)11-8-17/h4-7,9,12-15H,8,10-11H2,1-3H3,(H,26,28,29). The van der Waals surface area contributed by atoms with E-state index in [4.69, 9.17) is 9.72 Å². The fraction of sp³-hybridized carbons (Fsp3) is 0.240. The number of nitro benzene ring substituents is 1. The quantitative estimate of drug-likeness (QED) is 0.324. The van der Waals surface area contributed by atoms with Crippen molar-refractivity contribution in [3.05, 3.63) is 76.2 Å². The second kappa shape index (κ2) is 9.15. The number of nitrogens with one attached hydrogen (secondary N) is 1. The Morgan fingerprint density at radius 3 is 2.80 bits per heavy atom. The number of pyridine rings is 1. The summed E-state index contributed by atoms with van der Waals surface area (Å²) in [5.74, 6) is 0.784. The molecular weight excluding hydrogens is 446 g/mol. The lowest BCUT2D eigenvalue weighted by Gasteiger charge is -2.22. The van der Waals surface area contributed by atoms with Gasteiger partial charge in [0.25, 0.3) is 5.69 Å². The van der Waals surface area contributed by atoms with Crippen LogP contribution in [0, 0.1) is 17.0 Å². The van der Waals surface area contributed by atoms with E-state index in [1.165, 1.54) is 6.07 Å². The highest BCUT2D eigenvalue weighted by atomic mass is 16.6. The van der Waals surface area contributed by atoms with E-state index in [-0.39, 0.29) is 10.6 Å². The third kappa shape index (κ3) is 4.31. The third-order valence-corrected chi connectivity index (χ3v) is 6.17. The average Bonchev–Trinajstić information content (AvgIpc) is 3.29. The number of anilines is 2. The second-order valence-electron chi connectivity index (χ2n) is 8.51. The molecule has 0 aliphatic carbocycles. The van der Waals surface area contributed by atoms with Crippen LogP contribution >= 0.6 is 0 Å². The first-order valence-corrected chi connectivity index (χ1v) is 11.2. The van der Waals surface area contributed by atoms with Gasteiger partial charge in [0, 0.05) is 37.1 Å². The Hall–Kier alpha value is -4.31. The maximum Gasteiger partial charge on any atom is 0.279 e. The number of ether oxygens (including phenoxy) is 1. The van der Waals surface area contributed by atoms with Crippen LogP contribution in [0.4, 0.5) is 17.3 Å². The van der Waals surface area contributed by atoms with E-state index in [0.717, 1.165) is 47.4 Å². The zero-order valence-corrected chi connectivity index (χ0v) is 19.7. The van der Waals surface area contributed by atoms with Crippen LogP contribution in [0.1, 0.15) is 17.5 Å². The van der Waals surface area contributed by atoms with Crippen molar-refractivity contribution < 1.29 is 9.66 Å². The number of benzene rings is 1. The Morgan fingerprint density at radius 1 is 1.20 bits per heavy atom. The lowest BCUT2D eigenvalue weighted by Crippen LogP contribution is -2.23. The van der Waals surface area contributed by atoms with Gasteiger partial charge in [-0.1, -0.05) is 12.1 Å². The average molecular weight is 472 g/mol. The molecule has 1 aliphatic rings. The van der Waals surface area contributed by atoms with E-state index >= 15 is 0 Å². The molecule has 0 radical (unpaired) electrons. The number of nitrogens with zero attached hydrogens (tertiary/aromatic N) is 6. The van der Waals surface area contributed by atoms with Crippen molar-refractivity contribution in [1.29, 1.82) is 0 Å². The van der Waals surface area contributed by atoms with E-state index in [0.29, 0.717) is 22.9 Å². The SMILES string of the molecule is COc1cc(C2=CCN(C)CC2)c([N+](=O)[O-])cc1Nc1ncc(C)c(-c2cnn3ccccc23)n1. The van der Waals surface area contributed by atoms with Gasteiger partial charge in [-0.2, -0.15) is 5.10 Å². The van der Waals surface area contributed by atoms with Crippen molar-refractivity contribution in [2.75, 3.05) is 32.6 Å². The largest absolute Gasteiger partial charge is 0.495 e. The molecule has 0 bridgehead atoms. The van der Waals surface area contributed by atoms with Crippen molar-refractivity contribution in [1.82, 2.24) is 24.5 Å². The van der Waals surface area contributed by atoms with Gasteiger partial charge in [-0.3, -0.25) is 10.1 Å². The molecule has 178 valence electrons. The zero-order chi connectivity index (χ0) is 24.5. The number of aryl methyl sites for hydroxylation is 1. The normalized spacial score (nSPS) is 14.1. The first-order valence-electron chi connectivity index (χ1n) is 11.2. The Morgan fingerprint density at radius 2 is 2.06 bits per heavy atom. The maximum atomic E-state index is 12.0. The molecule has 0 unspecified atom stereocenters. The summed E-state index contributed by atoms with van der Waals surface area (Å²) in [6.45, 7) is 3.52. The Labute approximate surface area is 202 Å². The van der Waals surface area contributed by atoms with Crippen LogP contribution in [0.3, 0.4) is 0 Å². The van der Waals surface area contributed by atoms with Crippen molar-refractivity contribution >= 4 is 28.4 Å². The number of hydrogen-bond donors (Lipinski definition) is 1. The summed E-state index contributed by atoms with van der Waals surface area (Å²) in [5, 5.41) is 19.5. The molecule has 3 aromatic heterocycles.